The molecule has 1 N–H and O–H groups in total. The van der Waals surface area contributed by atoms with Gasteiger partial charge in [-0.25, -0.2) is 9.18 Å². The second kappa shape index (κ2) is 5.54. The molecule has 18 heavy (non-hydrogen) atoms. The van der Waals surface area contributed by atoms with Crippen LogP contribution < -0.4 is 5.32 Å². The third-order valence-corrected chi connectivity index (χ3v) is 2.47. The molecule has 0 aromatic heterocycles. The number of rotatable bonds is 2. The van der Waals surface area contributed by atoms with Crippen molar-refractivity contribution in [2.24, 2.45) is 0 Å². The van der Waals surface area contributed by atoms with E-state index in [1.165, 1.54) is 6.92 Å². The van der Waals surface area contributed by atoms with Crippen molar-refractivity contribution in [1.82, 2.24) is 5.32 Å². The highest BCUT2D eigenvalue weighted by atomic mass is 19.1. The van der Waals surface area contributed by atoms with Crippen LogP contribution in [0.2, 0.25) is 0 Å². The van der Waals surface area contributed by atoms with Gasteiger partial charge >= 0.3 is 12.1 Å². The molecule has 0 aromatic carbocycles. The van der Waals surface area contributed by atoms with E-state index >= 15 is 0 Å². The molecule has 6 heteroatoms. The number of ether oxygens (including phenoxy) is 2. The zero-order chi connectivity index (χ0) is 13.9. The van der Waals surface area contributed by atoms with Crippen LogP contribution in [0.5, 0.6) is 0 Å². The van der Waals surface area contributed by atoms with Crippen molar-refractivity contribution in [3.63, 3.8) is 0 Å². The zero-order valence-corrected chi connectivity index (χ0v) is 11.2. The maximum Gasteiger partial charge on any atom is 0.408 e. The molecule has 3 atom stereocenters. The van der Waals surface area contributed by atoms with Gasteiger partial charge in [-0.15, -0.1) is 0 Å². The molecule has 0 bridgehead atoms. The summed E-state index contributed by atoms with van der Waals surface area (Å²) in [5.41, 5.74) is -0.616. The highest BCUT2D eigenvalue weighted by Crippen LogP contribution is 2.25. The summed E-state index contributed by atoms with van der Waals surface area (Å²) >= 11 is 0. The minimum atomic E-state index is -1.07. The van der Waals surface area contributed by atoms with Crippen LogP contribution in [0.25, 0.3) is 0 Å². The molecule has 1 amide bonds. The molecule has 0 spiro atoms. The Bertz CT molecular complexity index is 327. The summed E-state index contributed by atoms with van der Waals surface area (Å²) in [5.74, 6) is -0.481. The Morgan fingerprint density at radius 3 is 2.39 bits per heavy atom. The maximum absolute atomic E-state index is 13.3. The fraction of sp³-hybridized carbons (Fsp3) is 0.833. The van der Waals surface area contributed by atoms with Crippen LogP contribution in [-0.4, -0.2) is 36.0 Å². The Balaban J connectivity index is 2.53. The summed E-state index contributed by atoms with van der Waals surface area (Å²) in [5, 5.41) is 2.54. The molecule has 0 heterocycles. The normalized spacial score (nSPS) is 27.7. The largest absolute Gasteiger partial charge is 0.460 e. The van der Waals surface area contributed by atoms with Crippen molar-refractivity contribution in [3.8, 4) is 0 Å². The number of hydrogen-bond acceptors (Lipinski definition) is 4. The van der Waals surface area contributed by atoms with Crippen molar-refractivity contribution in [2.75, 3.05) is 0 Å². The average molecular weight is 261 g/mol. The van der Waals surface area contributed by atoms with Gasteiger partial charge in [0.25, 0.3) is 0 Å². The Kier molecular flexibility index (Phi) is 4.53. The standard InChI is InChI=1S/C12H20FNO4/c1-7(15)17-10-6-8(13)5-9(10)14-11(16)18-12(2,3)4/h8-10H,5-6H2,1-4H3,(H,14,16). The first kappa shape index (κ1) is 14.7. The summed E-state index contributed by atoms with van der Waals surface area (Å²) in [6.07, 6.45) is -2.07. The Hall–Kier alpha value is -1.33. The van der Waals surface area contributed by atoms with E-state index in [1.54, 1.807) is 20.8 Å². The van der Waals surface area contributed by atoms with Crippen molar-refractivity contribution in [2.45, 2.75) is 64.5 Å². The lowest BCUT2D eigenvalue weighted by molar-refractivity contribution is -0.147. The van der Waals surface area contributed by atoms with Gasteiger partial charge in [-0.1, -0.05) is 0 Å². The van der Waals surface area contributed by atoms with Gasteiger partial charge in [0.2, 0.25) is 0 Å². The van der Waals surface area contributed by atoms with E-state index in [2.05, 4.69) is 5.32 Å². The van der Waals surface area contributed by atoms with Gasteiger partial charge < -0.3 is 14.8 Å². The van der Waals surface area contributed by atoms with E-state index in [4.69, 9.17) is 9.47 Å². The van der Waals surface area contributed by atoms with Gasteiger partial charge in [0.1, 0.15) is 17.9 Å². The molecule has 3 unspecified atom stereocenters. The van der Waals surface area contributed by atoms with Gasteiger partial charge in [-0.2, -0.15) is 0 Å². The number of amides is 1. The summed E-state index contributed by atoms with van der Waals surface area (Å²) in [6, 6.07) is -0.529. The molecule has 0 saturated heterocycles. The first-order valence-corrected chi connectivity index (χ1v) is 5.98. The topological polar surface area (TPSA) is 64.6 Å². The predicted molar refractivity (Wildman–Crippen MR) is 62.8 cm³/mol. The highest BCUT2D eigenvalue weighted by molar-refractivity contribution is 5.69. The van der Waals surface area contributed by atoms with E-state index in [0.29, 0.717) is 0 Å². The Labute approximate surface area is 106 Å². The van der Waals surface area contributed by atoms with Crippen LogP contribution >= 0.6 is 0 Å². The van der Waals surface area contributed by atoms with Crippen molar-refractivity contribution < 1.29 is 23.5 Å². The fourth-order valence-corrected chi connectivity index (χ4v) is 1.89. The Morgan fingerprint density at radius 2 is 1.89 bits per heavy atom. The van der Waals surface area contributed by atoms with Crippen molar-refractivity contribution >= 4 is 12.1 Å². The molecule has 1 aliphatic carbocycles. The van der Waals surface area contributed by atoms with Crippen LogP contribution in [0.4, 0.5) is 9.18 Å². The number of halogens is 1. The van der Waals surface area contributed by atoms with Crippen LogP contribution in [0.1, 0.15) is 40.5 Å². The number of nitrogens with one attached hydrogen (secondary N) is 1. The summed E-state index contributed by atoms with van der Waals surface area (Å²) in [4.78, 5) is 22.4. The summed E-state index contributed by atoms with van der Waals surface area (Å²) in [6.45, 7) is 6.48. The van der Waals surface area contributed by atoms with Crippen LogP contribution in [-0.2, 0) is 14.3 Å². The van der Waals surface area contributed by atoms with Crippen LogP contribution in [0.3, 0.4) is 0 Å². The quantitative estimate of drug-likeness (QED) is 0.771. The monoisotopic (exact) mass is 261 g/mol. The van der Waals surface area contributed by atoms with E-state index in [0.717, 1.165) is 0 Å². The molecule has 0 aromatic rings. The summed E-state index contributed by atoms with van der Waals surface area (Å²) in [7, 11) is 0. The van der Waals surface area contributed by atoms with Crippen molar-refractivity contribution in [3.05, 3.63) is 0 Å². The van der Waals surface area contributed by atoms with Gasteiger partial charge in [-0.05, 0) is 20.8 Å². The molecule has 0 aliphatic heterocycles. The van der Waals surface area contributed by atoms with Gasteiger partial charge in [0, 0.05) is 19.8 Å². The molecular weight excluding hydrogens is 241 g/mol. The molecule has 5 nitrogen and oxygen atoms in total. The molecular formula is C12H20FNO4. The number of carbonyl (C=O) groups is 2. The minimum Gasteiger partial charge on any atom is -0.460 e. The average Bonchev–Trinajstić information content (AvgIpc) is 2.41. The van der Waals surface area contributed by atoms with E-state index in [-0.39, 0.29) is 12.8 Å². The van der Waals surface area contributed by atoms with Gasteiger partial charge in [0.15, 0.2) is 0 Å². The lowest BCUT2D eigenvalue weighted by Crippen LogP contribution is -2.44. The molecule has 104 valence electrons. The predicted octanol–water partition coefficient (Wildman–Crippen LogP) is 1.94. The SMILES string of the molecule is CC(=O)OC1CC(F)CC1NC(=O)OC(C)(C)C. The smallest absolute Gasteiger partial charge is 0.408 e. The molecule has 1 fully saturated rings. The first-order valence-electron chi connectivity index (χ1n) is 5.98. The maximum atomic E-state index is 13.3. The number of alkyl halides is 1. The van der Waals surface area contributed by atoms with E-state index in [9.17, 15) is 14.0 Å². The second-order valence-corrected chi connectivity index (χ2v) is 5.47. The minimum absolute atomic E-state index is 0.111. The third kappa shape index (κ3) is 4.89. The van der Waals surface area contributed by atoms with E-state index < -0.39 is 36.0 Å². The molecule has 1 aliphatic rings. The number of carbonyl (C=O) groups excluding carboxylic acids is 2. The highest BCUT2D eigenvalue weighted by Gasteiger charge is 2.38. The van der Waals surface area contributed by atoms with Gasteiger partial charge in [-0.3, -0.25) is 4.79 Å². The van der Waals surface area contributed by atoms with Crippen molar-refractivity contribution in [1.29, 1.82) is 0 Å². The number of alkyl carbamates (subject to hydrolysis) is 1. The third-order valence-electron chi connectivity index (χ3n) is 2.47. The molecule has 1 saturated carbocycles. The number of hydrogen-bond donors (Lipinski definition) is 1. The van der Waals surface area contributed by atoms with E-state index in [1.807, 2.05) is 0 Å². The lowest BCUT2D eigenvalue weighted by atomic mass is 10.2. The van der Waals surface area contributed by atoms with Gasteiger partial charge in [0.05, 0.1) is 6.04 Å². The fourth-order valence-electron chi connectivity index (χ4n) is 1.89. The lowest BCUT2D eigenvalue weighted by Gasteiger charge is -2.24. The zero-order valence-electron chi connectivity index (χ0n) is 11.2. The summed E-state index contributed by atoms with van der Waals surface area (Å²) < 4.78 is 23.3. The molecule has 1 rings (SSSR count). The van der Waals surface area contributed by atoms with Crippen LogP contribution in [0.15, 0.2) is 0 Å². The second-order valence-electron chi connectivity index (χ2n) is 5.47. The Morgan fingerprint density at radius 1 is 1.28 bits per heavy atom. The van der Waals surface area contributed by atoms with Crippen LogP contribution in [0, 0.1) is 0 Å². The first-order chi connectivity index (χ1) is 8.17. The molecule has 0 radical (unpaired) electrons. The number of esters is 1.